The Hall–Kier alpha value is -3.50. The van der Waals surface area contributed by atoms with Crippen LogP contribution in [0.1, 0.15) is 45.2 Å². The summed E-state index contributed by atoms with van der Waals surface area (Å²) in [5.41, 5.74) is 7.20. The molecule has 0 bridgehead atoms. The molecule has 3 aliphatic heterocycles. The molecule has 1 amide bonds. The number of hydrogen-bond donors (Lipinski definition) is 2. The molecule has 0 spiro atoms. The molecule has 55 heavy (non-hydrogen) atoms. The van der Waals surface area contributed by atoms with Gasteiger partial charge in [0, 0.05) is 35.9 Å². The average Bonchev–Trinajstić information content (AvgIpc) is 3.87. The summed E-state index contributed by atoms with van der Waals surface area (Å²) in [5, 5.41) is 1.29. The molecule has 6 atom stereocenters. The minimum atomic E-state index is -4.40. The van der Waals surface area contributed by atoms with Crippen LogP contribution < -0.4 is 10.5 Å². The summed E-state index contributed by atoms with van der Waals surface area (Å²) in [7, 11) is -6.76. The molecule has 2 fully saturated rings. The van der Waals surface area contributed by atoms with E-state index in [0.29, 0.717) is 16.7 Å². The van der Waals surface area contributed by atoms with E-state index in [9.17, 15) is 22.8 Å². The standard InChI is InChI=1S/C35H47N7O9S3Si/c1-8-11-48-34(45)27-21(17-53-33-24(31(44)42(27)33)14-22(43)13-23-10-9-12-52-23)15-40-54(46,47)49-16-25-20(2)28(51-55(6,7)35(3,4)5)32(50-25)41-19-39-26-29(36)37-18-38-30(26)41/h8-10,12,18-20,24-25,28,32-33,40H,1,11,13-17H2,2-7H3,(H2,36,37,38)/t20-,24-,25-,28?,32-,33-/m1/s1. The fraction of sp³-hybridized carbons (Fsp3) is 0.543. The van der Waals surface area contributed by atoms with Crippen molar-refractivity contribution >= 4 is 76.4 Å². The Bertz CT molecular complexity index is 2080. The molecule has 0 radical (unpaired) electrons. The molecule has 0 aliphatic carbocycles. The highest BCUT2D eigenvalue weighted by atomic mass is 32.2. The van der Waals surface area contributed by atoms with Crippen LogP contribution in [-0.2, 0) is 49.2 Å². The fourth-order valence-corrected chi connectivity index (χ4v) is 10.7. The van der Waals surface area contributed by atoms with Crippen LogP contribution in [0.4, 0.5) is 5.82 Å². The molecule has 6 rings (SSSR count). The van der Waals surface area contributed by atoms with Crippen molar-refractivity contribution in [1.29, 1.82) is 0 Å². The second-order valence-corrected chi connectivity index (χ2v) is 23.6. The molecule has 298 valence electrons. The Labute approximate surface area is 329 Å². The first-order valence-electron chi connectivity index (χ1n) is 17.8. The number of nitrogens with one attached hydrogen (secondary N) is 1. The van der Waals surface area contributed by atoms with Crippen LogP contribution in [0.5, 0.6) is 0 Å². The van der Waals surface area contributed by atoms with Crippen molar-refractivity contribution in [1.82, 2.24) is 29.1 Å². The molecule has 2 saturated heterocycles. The number of fused-ring (bicyclic) bond motifs is 2. The molecule has 3 aromatic heterocycles. The SMILES string of the molecule is C=CCOC(=O)C1=C(CNS(=O)(=O)OC[C@H]2O[C@@H](n3cnc4c(N)ncnc43)C(O[Si](C)(C)C(C)(C)C)[C@@H]2C)CS[C@@H]2[C@H](CC(=O)Cc3cccs3)C(=O)N12. The highest BCUT2D eigenvalue weighted by Gasteiger charge is 2.54. The van der Waals surface area contributed by atoms with E-state index in [1.807, 2.05) is 24.4 Å². The lowest BCUT2D eigenvalue weighted by Gasteiger charge is -2.49. The number of Topliss-reactive ketones (excluding diaryl/α,β-unsaturated/α-hetero) is 1. The van der Waals surface area contributed by atoms with Crippen LogP contribution in [0.2, 0.25) is 18.1 Å². The van der Waals surface area contributed by atoms with Gasteiger partial charge in [-0.3, -0.25) is 23.2 Å². The second-order valence-electron chi connectivity index (χ2n) is 15.3. The quantitative estimate of drug-likeness (QED) is 0.0907. The van der Waals surface area contributed by atoms with Crippen molar-refractivity contribution in [2.24, 2.45) is 11.8 Å². The monoisotopic (exact) mass is 833 g/mol. The molecule has 0 aromatic carbocycles. The Balaban J connectivity index is 1.15. The smallest absolute Gasteiger partial charge is 0.355 e. The number of aromatic nitrogens is 4. The fourth-order valence-electron chi connectivity index (χ4n) is 6.45. The molecule has 16 nitrogen and oxygen atoms in total. The van der Waals surface area contributed by atoms with E-state index in [-0.39, 0.29) is 66.6 Å². The number of carbonyl (C=O) groups is 3. The Morgan fingerprint density at radius 3 is 2.69 bits per heavy atom. The van der Waals surface area contributed by atoms with E-state index < -0.39 is 60.2 Å². The van der Waals surface area contributed by atoms with Crippen LogP contribution in [0.3, 0.4) is 0 Å². The lowest BCUT2D eigenvalue weighted by atomic mass is 9.89. The van der Waals surface area contributed by atoms with Gasteiger partial charge in [0.1, 0.15) is 29.9 Å². The largest absolute Gasteiger partial charge is 0.457 e. The number of amides is 1. The zero-order valence-corrected chi connectivity index (χ0v) is 35.0. The van der Waals surface area contributed by atoms with Crippen LogP contribution in [0.25, 0.3) is 11.2 Å². The molecule has 3 aromatic rings. The predicted molar refractivity (Wildman–Crippen MR) is 210 cm³/mol. The molecule has 20 heteroatoms. The number of thioether (sulfide) groups is 1. The van der Waals surface area contributed by atoms with Gasteiger partial charge in [0.25, 0.3) is 0 Å². The van der Waals surface area contributed by atoms with Crippen LogP contribution in [-0.4, -0.2) is 102 Å². The minimum Gasteiger partial charge on any atom is -0.457 e. The first kappa shape index (κ1) is 41.1. The summed E-state index contributed by atoms with van der Waals surface area (Å²) in [6.07, 6.45) is 2.61. The number of ether oxygens (including phenoxy) is 2. The van der Waals surface area contributed by atoms with Crippen molar-refractivity contribution in [3.63, 3.8) is 0 Å². The van der Waals surface area contributed by atoms with Crippen molar-refractivity contribution in [3.05, 3.63) is 59.0 Å². The topological polar surface area (TPSA) is 207 Å². The number of carbonyl (C=O) groups excluding carboxylic acids is 3. The van der Waals surface area contributed by atoms with Gasteiger partial charge in [-0.1, -0.05) is 46.4 Å². The molecular weight excluding hydrogens is 787 g/mol. The molecule has 6 heterocycles. The van der Waals surface area contributed by atoms with Gasteiger partial charge in [-0.2, -0.15) is 13.1 Å². The van der Waals surface area contributed by atoms with Crippen LogP contribution >= 0.6 is 23.1 Å². The van der Waals surface area contributed by atoms with Gasteiger partial charge >= 0.3 is 16.3 Å². The highest BCUT2D eigenvalue weighted by Crippen LogP contribution is 2.46. The third-order valence-electron chi connectivity index (χ3n) is 10.5. The molecule has 0 saturated carbocycles. The number of hydrogen-bond acceptors (Lipinski definition) is 15. The summed E-state index contributed by atoms with van der Waals surface area (Å²) in [5.74, 6) is -1.75. The summed E-state index contributed by atoms with van der Waals surface area (Å²) < 4.78 is 55.0. The summed E-state index contributed by atoms with van der Waals surface area (Å²) in [6.45, 7) is 15.4. The zero-order chi connectivity index (χ0) is 39.9. The summed E-state index contributed by atoms with van der Waals surface area (Å²) in [6, 6.07) is 3.74. The third-order valence-corrected chi connectivity index (χ3v) is 18.2. The van der Waals surface area contributed by atoms with E-state index >= 15 is 0 Å². The van der Waals surface area contributed by atoms with E-state index in [1.165, 1.54) is 40.4 Å². The number of esters is 1. The van der Waals surface area contributed by atoms with E-state index in [0.717, 1.165) is 4.88 Å². The van der Waals surface area contributed by atoms with Gasteiger partial charge in [-0.05, 0) is 35.2 Å². The van der Waals surface area contributed by atoms with Gasteiger partial charge in [0.2, 0.25) is 5.91 Å². The Kier molecular flexibility index (Phi) is 12.1. The Morgan fingerprint density at radius 2 is 2.00 bits per heavy atom. The van der Waals surface area contributed by atoms with Gasteiger partial charge in [-0.15, -0.1) is 23.1 Å². The van der Waals surface area contributed by atoms with Gasteiger partial charge in [-0.25, -0.2) is 19.7 Å². The highest BCUT2D eigenvalue weighted by molar-refractivity contribution is 8.00. The van der Waals surface area contributed by atoms with E-state index in [4.69, 9.17) is 23.8 Å². The van der Waals surface area contributed by atoms with Gasteiger partial charge < -0.3 is 19.6 Å². The number of nitrogen functional groups attached to an aromatic ring is 1. The number of rotatable bonds is 16. The third kappa shape index (κ3) is 8.60. The Morgan fingerprint density at radius 1 is 1.24 bits per heavy atom. The molecule has 1 unspecified atom stereocenters. The van der Waals surface area contributed by atoms with E-state index in [2.05, 4.69) is 60.1 Å². The maximum Gasteiger partial charge on any atom is 0.355 e. The predicted octanol–water partition coefficient (Wildman–Crippen LogP) is 3.96. The second kappa shape index (κ2) is 16.2. The average molecular weight is 834 g/mol. The molecule has 3 aliphatic rings. The van der Waals surface area contributed by atoms with Crippen LogP contribution in [0, 0.1) is 11.8 Å². The van der Waals surface area contributed by atoms with Gasteiger partial charge in [0.05, 0.1) is 36.4 Å². The maximum atomic E-state index is 13.4. The molecule has 3 N–H and O–H groups in total. The van der Waals surface area contributed by atoms with Crippen LogP contribution in [0.15, 0.2) is 54.1 Å². The number of nitrogens with zero attached hydrogens (tertiary/aromatic N) is 5. The van der Waals surface area contributed by atoms with Crippen molar-refractivity contribution in [3.8, 4) is 0 Å². The van der Waals surface area contributed by atoms with E-state index in [1.54, 1.807) is 10.9 Å². The lowest BCUT2D eigenvalue weighted by molar-refractivity contribution is -0.155. The number of ketones is 1. The minimum absolute atomic E-state index is 0.0405. The number of thiophene rings is 1. The lowest BCUT2D eigenvalue weighted by Crippen LogP contribution is -2.62. The number of nitrogens with two attached hydrogens (primary N) is 1. The molecular formula is C35H47N7O9S3Si. The van der Waals surface area contributed by atoms with Crippen molar-refractivity contribution in [2.75, 3.05) is 31.2 Å². The number of β-lactam (4-membered cyclic amide) rings is 1. The normalized spacial score (nSPS) is 24.5. The number of imidazole rings is 1. The maximum absolute atomic E-state index is 13.4. The first-order valence-corrected chi connectivity index (χ1v) is 24.1. The summed E-state index contributed by atoms with van der Waals surface area (Å²) in [4.78, 5) is 54.5. The number of anilines is 1. The zero-order valence-electron chi connectivity index (χ0n) is 31.6. The summed E-state index contributed by atoms with van der Waals surface area (Å²) >= 11 is 2.83. The van der Waals surface area contributed by atoms with Gasteiger partial charge in [0.15, 0.2) is 26.0 Å². The first-order chi connectivity index (χ1) is 25.9. The van der Waals surface area contributed by atoms with Crippen molar-refractivity contribution < 1.29 is 40.9 Å². The van der Waals surface area contributed by atoms with Crippen molar-refractivity contribution in [2.45, 2.75) is 82.5 Å².